The van der Waals surface area contributed by atoms with Crippen molar-refractivity contribution in [2.24, 2.45) is 7.05 Å². The Morgan fingerprint density at radius 2 is 2.04 bits per heavy atom. The van der Waals surface area contributed by atoms with Gasteiger partial charge in [-0.15, -0.1) is 5.10 Å². The van der Waals surface area contributed by atoms with Gasteiger partial charge in [0, 0.05) is 19.2 Å². The molecule has 3 aromatic rings. The Bertz CT molecular complexity index is 1000. The van der Waals surface area contributed by atoms with Crippen molar-refractivity contribution >= 4 is 5.91 Å². The van der Waals surface area contributed by atoms with Crippen LogP contribution in [0.3, 0.4) is 0 Å². The molecule has 0 spiro atoms. The Balaban J connectivity index is 1.67. The zero-order valence-electron chi connectivity index (χ0n) is 15.9. The van der Waals surface area contributed by atoms with Gasteiger partial charge in [-0.1, -0.05) is 23.4 Å². The van der Waals surface area contributed by atoms with Gasteiger partial charge in [-0.05, 0) is 26.8 Å². The molecule has 2 aromatic heterocycles. The van der Waals surface area contributed by atoms with Gasteiger partial charge in [-0.3, -0.25) is 9.48 Å². The fourth-order valence-electron chi connectivity index (χ4n) is 3.37. The van der Waals surface area contributed by atoms with Gasteiger partial charge in [0.15, 0.2) is 5.69 Å². The van der Waals surface area contributed by atoms with Crippen LogP contribution in [-0.2, 0) is 13.6 Å². The van der Waals surface area contributed by atoms with Gasteiger partial charge in [0.05, 0.1) is 24.6 Å². The number of hydrogen-bond donors (Lipinski definition) is 0. The highest BCUT2D eigenvalue weighted by molar-refractivity contribution is 5.93. The van der Waals surface area contributed by atoms with Crippen LogP contribution in [0.15, 0.2) is 36.7 Å². The Labute approximate surface area is 157 Å². The van der Waals surface area contributed by atoms with Crippen LogP contribution in [-0.4, -0.2) is 47.7 Å². The van der Waals surface area contributed by atoms with E-state index in [0.717, 1.165) is 17.0 Å². The maximum atomic E-state index is 13.3. The monoisotopic (exact) mass is 366 g/mol. The summed E-state index contributed by atoms with van der Waals surface area (Å²) in [5.41, 5.74) is 2.27. The molecule has 4 rings (SSSR count). The molecule has 0 bridgehead atoms. The second-order valence-corrected chi connectivity index (χ2v) is 7.44. The number of aromatic nitrogens is 5. The molecule has 0 atom stereocenters. The van der Waals surface area contributed by atoms with Gasteiger partial charge in [-0.2, -0.15) is 5.10 Å². The molecule has 0 radical (unpaired) electrons. The lowest BCUT2D eigenvalue weighted by Gasteiger charge is -2.29. The van der Waals surface area contributed by atoms with E-state index in [9.17, 15) is 4.79 Å². The molecule has 0 saturated heterocycles. The summed E-state index contributed by atoms with van der Waals surface area (Å²) >= 11 is 0. The third-order valence-electron chi connectivity index (χ3n) is 4.61. The minimum atomic E-state index is -0.504. The lowest BCUT2D eigenvalue weighted by molar-refractivity contribution is 0.0495. The highest BCUT2D eigenvalue weighted by Crippen LogP contribution is 2.30. The summed E-state index contributed by atoms with van der Waals surface area (Å²) in [6.45, 7) is 6.73. The maximum Gasteiger partial charge on any atom is 0.276 e. The predicted molar refractivity (Wildman–Crippen MR) is 98.8 cm³/mol. The molecule has 0 saturated carbocycles. The summed E-state index contributed by atoms with van der Waals surface area (Å²) in [6, 6.07) is 7.81. The van der Waals surface area contributed by atoms with Crippen LogP contribution in [0, 0.1) is 6.92 Å². The number of rotatable bonds is 2. The summed E-state index contributed by atoms with van der Waals surface area (Å²) in [5, 5.41) is 12.5. The lowest BCUT2D eigenvalue weighted by atomic mass is 10.1. The number of amides is 1. The van der Waals surface area contributed by atoms with Crippen molar-refractivity contribution in [1.82, 2.24) is 29.7 Å². The normalized spacial score (nSPS) is 15.8. The first kappa shape index (κ1) is 17.3. The predicted octanol–water partition coefficient (Wildman–Crippen LogP) is 2.12. The SMILES string of the molecule is Cc1c(C(=O)N2Cc3ccccc3OC(C)(C)C2)nnn1-c1cnn(C)c1. The quantitative estimate of drug-likeness (QED) is 0.694. The van der Waals surface area contributed by atoms with E-state index < -0.39 is 5.60 Å². The lowest BCUT2D eigenvalue weighted by Crippen LogP contribution is -2.43. The number of nitrogens with zero attached hydrogens (tertiary/aromatic N) is 6. The van der Waals surface area contributed by atoms with Gasteiger partial charge in [-0.25, -0.2) is 4.68 Å². The fraction of sp³-hybridized carbons (Fsp3) is 0.368. The molecule has 1 aliphatic heterocycles. The molecule has 1 aliphatic rings. The van der Waals surface area contributed by atoms with E-state index in [0.29, 0.717) is 24.5 Å². The van der Waals surface area contributed by atoms with Crippen LogP contribution in [0.4, 0.5) is 0 Å². The molecule has 3 heterocycles. The molecule has 140 valence electrons. The molecule has 0 aliphatic carbocycles. The van der Waals surface area contributed by atoms with Crippen molar-refractivity contribution in [2.75, 3.05) is 6.54 Å². The van der Waals surface area contributed by atoms with Crippen LogP contribution >= 0.6 is 0 Å². The van der Waals surface area contributed by atoms with Crippen molar-refractivity contribution in [1.29, 1.82) is 0 Å². The Morgan fingerprint density at radius 1 is 1.26 bits per heavy atom. The highest BCUT2D eigenvalue weighted by atomic mass is 16.5. The van der Waals surface area contributed by atoms with E-state index in [1.807, 2.05) is 58.3 Å². The summed E-state index contributed by atoms with van der Waals surface area (Å²) in [6.07, 6.45) is 3.52. The second-order valence-electron chi connectivity index (χ2n) is 7.44. The minimum Gasteiger partial charge on any atom is -0.486 e. The average Bonchev–Trinajstić information content (AvgIpc) is 3.16. The summed E-state index contributed by atoms with van der Waals surface area (Å²) in [4.78, 5) is 15.0. The number of aryl methyl sites for hydroxylation is 1. The van der Waals surface area contributed by atoms with E-state index in [4.69, 9.17) is 4.74 Å². The summed E-state index contributed by atoms with van der Waals surface area (Å²) < 4.78 is 9.44. The largest absolute Gasteiger partial charge is 0.486 e. The van der Waals surface area contributed by atoms with Gasteiger partial charge in [0.1, 0.15) is 17.0 Å². The van der Waals surface area contributed by atoms with E-state index in [1.54, 1.807) is 20.5 Å². The first-order valence-corrected chi connectivity index (χ1v) is 8.81. The topological polar surface area (TPSA) is 78.1 Å². The summed E-state index contributed by atoms with van der Waals surface area (Å²) in [5.74, 6) is 0.657. The molecule has 1 aromatic carbocycles. The third-order valence-corrected chi connectivity index (χ3v) is 4.61. The number of para-hydroxylation sites is 1. The number of carbonyl (C=O) groups excluding carboxylic acids is 1. The van der Waals surface area contributed by atoms with Gasteiger partial charge in [0.25, 0.3) is 5.91 Å². The van der Waals surface area contributed by atoms with Crippen LogP contribution < -0.4 is 4.74 Å². The third kappa shape index (κ3) is 3.18. The molecule has 8 heteroatoms. The van der Waals surface area contributed by atoms with E-state index >= 15 is 0 Å². The molecule has 0 fully saturated rings. The molecule has 1 amide bonds. The zero-order chi connectivity index (χ0) is 19.2. The van der Waals surface area contributed by atoms with Crippen molar-refractivity contribution in [3.8, 4) is 11.4 Å². The van der Waals surface area contributed by atoms with Crippen LogP contribution in [0.5, 0.6) is 5.75 Å². The second kappa shape index (κ2) is 6.22. The molecule has 27 heavy (non-hydrogen) atoms. The van der Waals surface area contributed by atoms with E-state index in [2.05, 4.69) is 15.4 Å². The molecular formula is C19H22N6O2. The first-order valence-electron chi connectivity index (χ1n) is 8.81. The maximum absolute atomic E-state index is 13.3. The van der Waals surface area contributed by atoms with Gasteiger partial charge < -0.3 is 9.64 Å². The zero-order valence-corrected chi connectivity index (χ0v) is 15.9. The van der Waals surface area contributed by atoms with Crippen LogP contribution in [0.1, 0.15) is 35.6 Å². The number of fused-ring (bicyclic) bond motifs is 1. The fourth-order valence-corrected chi connectivity index (χ4v) is 3.37. The molecule has 0 N–H and O–H groups in total. The number of carbonyl (C=O) groups is 1. The average molecular weight is 366 g/mol. The highest BCUT2D eigenvalue weighted by Gasteiger charge is 2.33. The number of hydrogen-bond acceptors (Lipinski definition) is 5. The number of benzene rings is 1. The van der Waals surface area contributed by atoms with Crippen LogP contribution in [0.2, 0.25) is 0 Å². The Morgan fingerprint density at radius 3 is 2.78 bits per heavy atom. The van der Waals surface area contributed by atoms with E-state index in [-0.39, 0.29) is 5.91 Å². The van der Waals surface area contributed by atoms with Gasteiger partial charge >= 0.3 is 0 Å². The molecule has 0 unspecified atom stereocenters. The van der Waals surface area contributed by atoms with Crippen molar-refractivity contribution in [3.63, 3.8) is 0 Å². The summed E-state index contributed by atoms with van der Waals surface area (Å²) in [7, 11) is 1.83. The smallest absolute Gasteiger partial charge is 0.276 e. The number of ether oxygens (including phenoxy) is 1. The standard InChI is InChI=1S/C19H22N6O2/c1-13-17(21-22-25(13)15-9-20-23(4)11-15)18(26)24-10-14-7-5-6-8-16(14)27-19(2,3)12-24/h5-9,11H,10,12H2,1-4H3. The minimum absolute atomic E-state index is 0.156. The molecular weight excluding hydrogens is 344 g/mol. The van der Waals surface area contributed by atoms with Crippen molar-refractivity contribution in [3.05, 3.63) is 53.6 Å². The molecule has 8 nitrogen and oxygen atoms in total. The Kier molecular flexibility index (Phi) is 3.98. The first-order chi connectivity index (χ1) is 12.8. The van der Waals surface area contributed by atoms with Crippen molar-refractivity contribution in [2.45, 2.75) is 32.9 Å². The van der Waals surface area contributed by atoms with Gasteiger partial charge in [0.2, 0.25) is 0 Å². The van der Waals surface area contributed by atoms with E-state index in [1.165, 1.54) is 0 Å². The Hall–Kier alpha value is -3.16. The van der Waals surface area contributed by atoms with Crippen molar-refractivity contribution < 1.29 is 9.53 Å². The van der Waals surface area contributed by atoms with Crippen LogP contribution in [0.25, 0.3) is 5.69 Å².